The number of amides is 1. The lowest BCUT2D eigenvalue weighted by molar-refractivity contribution is -0.120. The molecule has 2 rings (SSSR count). The molecule has 5 heteroatoms. The maximum absolute atomic E-state index is 12.9. The van der Waals surface area contributed by atoms with Gasteiger partial charge in [0.15, 0.2) is 5.78 Å². The first-order valence-electron chi connectivity index (χ1n) is 7.28. The molecule has 0 radical (unpaired) electrons. The minimum Gasteiger partial charge on any atom is -0.354 e. The number of ketones is 1. The number of carbonyl (C=O) groups is 2. The van der Waals surface area contributed by atoms with Gasteiger partial charge in [0, 0.05) is 31.6 Å². The van der Waals surface area contributed by atoms with Crippen LogP contribution >= 0.6 is 0 Å². The first kappa shape index (κ1) is 15.6. The molecule has 0 bridgehead atoms. The van der Waals surface area contributed by atoms with E-state index in [1.165, 1.54) is 31.2 Å². The van der Waals surface area contributed by atoms with E-state index in [2.05, 4.69) is 10.2 Å². The molecule has 1 heterocycles. The summed E-state index contributed by atoms with van der Waals surface area (Å²) in [6.45, 7) is 4.95. The molecule has 1 atom stereocenters. The SMILES string of the molecule is CC(=O)NC1CCN(C(C)C(=O)c2ccc(F)cc2)CC1. The number of carbonyl (C=O) groups excluding carboxylic acids is 2. The molecule has 0 saturated carbocycles. The molecule has 0 aromatic heterocycles. The van der Waals surface area contributed by atoms with Gasteiger partial charge in [0.25, 0.3) is 0 Å². The lowest BCUT2D eigenvalue weighted by Crippen LogP contribution is -2.49. The molecule has 1 N–H and O–H groups in total. The second kappa shape index (κ2) is 6.80. The Labute approximate surface area is 124 Å². The summed E-state index contributed by atoms with van der Waals surface area (Å²) in [5.41, 5.74) is 0.535. The zero-order valence-corrected chi connectivity index (χ0v) is 12.4. The molecule has 1 aromatic rings. The molecule has 0 aliphatic carbocycles. The third kappa shape index (κ3) is 4.11. The maximum Gasteiger partial charge on any atom is 0.217 e. The van der Waals surface area contributed by atoms with Crippen molar-refractivity contribution in [3.05, 3.63) is 35.6 Å². The summed E-state index contributed by atoms with van der Waals surface area (Å²) in [5.74, 6) is -0.341. The average Bonchev–Trinajstić information content (AvgIpc) is 2.47. The number of hydrogen-bond acceptors (Lipinski definition) is 3. The van der Waals surface area contributed by atoms with Crippen LogP contribution in [0.1, 0.15) is 37.0 Å². The lowest BCUT2D eigenvalue weighted by Gasteiger charge is -2.35. The van der Waals surface area contributed by atoms with Gasteiger partial charge in [-0.1, -0.05) is 0 Å². The van der Waals surface area contributed by atoms with Gasteiger partial charge in [-0.2, -0.15) is 0 Å². The molecule has 1 amide bonds. The van der Waals surface area contributed by atoms with Gasteiger partial charge in [0.1, 0.15) is 5.82 Å². The van der Waals surface area contributed by atoms with Crippen molar-refractivity contribution >= 4 is 11.7 Å². The normalized spacial score (nSPS) is 18.2. The first-order chi connectivity index (χ1) is 9.97. The van der Waals surface area contributed by atoms with Gasteiger partial charge in [-0.25, -0.2) is 4.39 Å². The largest absolute Gasteiger partial charge is 0.354 e. The number of benzene rings is 1. The van der Waals surface area contributed by atoms with Gasteiger partial charge in [-0.15, -0.1) is 0 Å². The molecule has 0 spiro atoms. The number of rotatable bonds is 4. The molecule has 21 heavy (non-hydrogen) atoms. The summed E-state index contributed by atoms with van der Waals surface area (Å²) in [4.78, 5) is 25.5. The molecule has 1 aliphatic rings. The zero-order chi connectivity index (χ0) is 15.4. The highest BCUT2D eigenvalue weighted by molar-refractivity contribution is 5.99. The number of hydrogen-bond donors (Lipinski definition) is 1. The summed E-state index contributed by atoms with van der Waals surface area (Å²) in [5, 5.41) is 2.92. The minimum absolute atomic E-state index is 0.00739. The van der Waals surface area contributed by atoms with Crippen LogP contribution in [0.2, 0.25) is 0 Å². The van der Waals surface area contributed by atoms with E-state index in [1.54, 1.807) is 0 Å². The molecule has 114 valence electrons. The molecular formula is C16H21FN2O2. The van der Waals surface area contributed by atoms with Crippen molar-refractivity contribution in [2.24, 2.45) is 0 Å². The van der Waals surface area contributed by atoms with Gasteiger partial charge < -0.3 is 5.32 Å². The predicted molar refractivity (Wildman–Crippen MR) is 78.6 cm³/mol. The highest BCUT2D eigenvalue weighted by atomic mass is 19.1. The van der Waals surface area contributed by atoms with E-state index in [0.29, 0.717) is 5.56 Å². The van der Waals surface area contributed by atoms with Crippen LogP contribution in [-0.4, -0.2) is 41.8 Å². The first-order valence-corrected chi connectivity index (χ1v) is 7.28. The number of nitrogens with zero attached hydrogens (tertiary/aromatic N) is 1. The summed E-state index contributed by atoms with van der Waals surface area (Å²) >= 11 is 0. The van der Waals surface area contributed by atoms with Crippen LogP contribution in [0.3, 0.4) is 0 Å². The van der Waals surface area contributed by atoms with E-state index in [0.717, 1.165) is 25.9 Å². The fourth-order valence-corrected chi connectivity index (χ4v) is 2.74. The Morgan fingerprint density at radius 2 is 1.81 bits per heavy atom. The van der Waals surface area contributed by atoms with Crippen molar-refractivity contribution in [3.63, 3.8) is 0 Å². The Bertz CT molecular complexity index is 508. The standard InChI is InChI=1S/C16H21FN2O2/c1-11(16(21)13-3-5-14(17)6-4-13)19-9-7-15(8-10-19)18-12(2)20/h3-6,11,15H,7-10H2,1-2H3,(H,18,20). The van der Waals surface area contributed by atoms with E-state index in [4.69, 9.17) is 0 Å². The van der Waals surface area contributed by atoms with E-state index in [9.17, 15) is 14.0 Å². The number of Topliss-reactive ketones (excluding diaryl/α,β-unsaturated/α-hetero) is 1. The molecule has 1 unspecified atom stereocenters. The van der Waals surface area contributed by atoms with Crippen molar-refractivity contribution in [1.29, 1.82) is 0 Å². The quantitative estimate of drug-likeness (QED) is 0.864. The average molecular weight is 292 g/mol. The van der Waals surface area contributed by atoms with Crippen molar-refractivity contribution in [2.75, 3.05) is 13.1 Å². The molecule has 4 nitrogen and oxygen atoms in total. The van der Waals surface area contributed by atoms with Crippen LogP contribution in [0.25, 0.3) is 0 Å². The monoisotopic (exact) mass is 292 g/mol. The van der Waals surface area contributed by atoms with Gasteiger partial charge in [-0.3, -0.25) is 14.5 Å². The molecular weight excluding hydrogens is 271 g/mol. The van der Waals surface area contributed by atoms with Crippen LogP contribution in [0.15, 0.2) is 24.3 Å². The van der Waals surface area contributed by atoms with Crippen LogP contribution in [0, 0.1) is 5.82 Å². The predicted octanol–water partition coefficient (Wildman–Crippen LogP) is 2.00. The highest BCUT2D eigenvalue weighted by Crippen LogP contribution is 2.16. The second-order valence-electron chi connectivity index (χ2n) is 5.56. The lowest BCUT2D eigenvalue weighted by atomic mass is 9.99. The number of piperidine rings is 1. The zero-order valence-electron chi connectivity index (χ0n) is 12.4. The summed E-state index contributed by atoms with van der Waals surface area (Å²) in [6, 6.07) is 5.64. The molecule has 1 fully saturated rings. The Morgan fingerprint density at radius 3 is 2.33 bits per heavy atom. The summed E-state index contributed by atoms with van der Waals surface area (Å²) in [7, 11) is 0. The summed E-state index contributed by atoms with van der Waals surface area (Å²) < 4.78 is 12.9. The molecule has 1 aliphatic heterocycles. The smallest absolute Gasteiger partial charge is 0.217 e. The number of likely N-dealkylation sites (tertiary alicyclic amines) is 1. The fraction of sp³-hybridized carbons (Fsp3) is 0.500. The Kier molecular flexibility index (Phi) is 5.07. The van der Waals surface area contributed by atoms with Gasteiger partial charge in [0.05, 0.1) is 6.04 Å². The Balaban J connectivity index is 1.92. The maximum atomic E-state index is 12.9. The van der Waals surface area contributed by atoms with Crippen molar-refractivity contribution in [2.45, 2.75) is 38.8 Å². The van der Waals surface area contributed by atoms with E-state index in [1.807, 2.05) is 6.92 Å². The van der Waals surface area contributed by atoms with E-state index >= 15 is 0 Å². The van der Waals surface area contributed by atoms with E-state index < -0.39 is 0 Å². The number of nitrogens with one attached hydrogen (secondary N) is 1. The number of halogens is 1. The third-order valence-electron chi connectivity index (χ3n) is 3.99. The molecule has 1 aromatic carbocycles. The highest BCUT2D eigenvalue weighted by Gasteiger charge is 2.27. The van der Waals surface area contributed by atoms with Crippen molar-refractivity contribution < 1.29 is 14.0 Å². The third-order valence-corrected chi connectivity index (χ3v) is 3.99. The van der Waals surface area contributed by atoms with Crippen LogP contribution in [0.4, 0.5) is 4.39 Å². The van der Waals surface area contributed by atoms with Crippen LogP contribution < -0.4 is 5.32 Å². The van der Waals surface area contributed by atoms with Gasteiger partial charge >= 0.3 is 0 Å². The van der Waals surface area contributed by atoms with Gasteiger partial charge in [-0.05, 0) is 44.0 Å². The topological polar surface area (TPSA) is 49.4 Å². The van der Waals surface area contributed by atoms with Crippen LogP contribution in [0.5, 0.6) is 0 Å². The minimum atomic E-state index is -0.338. The second-order valence-corrected chi connectivity index (χ2v) is 5.56. The Morgan fingerprint density at radius 1 is 1.24 bits per heavy atom. The Hall–Kier alpha value is -1.75. The van der Waals surface area contributed by atoms with E-state index in [-0.39, 0.29) is 29.6 Å². The fourth-order valence-electron chi connectivity index (χ4n) is 2.74. The van der Waals surface area contributed by atoms with Crippen molar-refractivity contribution in [1.82, 2.24) is 10.2 Å². The summed E-state index contributed by atoms with van der Waals surface area (Å²) in [6.07, 6.45) is 1.70. The van der Waals surface area contributed by atoms with Crippen LogP contribution in [-0.2, 0) is 4.79 Å². The van der Waals surface area contributed by atoms with Gasteiger partial charge in [0.2, 0.25) is 5.91 Å². The van der Waals surface area contributed by atoms with Crippen molar-refractivity contribution in [3.8, 4) is 0 Å². The molecule has 1 saturated heterocycles.